The van der Waals surface area contributed by atoms with Crippen LogP contribution >= 0.6 is 11.3 Å². The van der Waals surface area contributed by atoms with E-state index in [9.17, 15) is 4.79 Å². The topological polar surface area (TPSA) is 101 Å². The smallest absolute Gasteiger partial charge is 0.294 e. The summed E-state index contributed by atoms with van der Waals surface area (Å²) in [5.41, 5.74) is 12.7. The van der Waals surface area contributed by atoms with E-state index in [0.29, 0.717) is 23.4 Å². The number of nitrogens with one attached hydrogen (secondary N) is 1. The third-order valence-corrected chi connectivity index (χ3v) is 2.82. The highest BCUT2D eigenvalue weighted by molar-refractivity contribution is 7.13. The number of nitrogens with zero attached hydrogens (tertiary/aromatic N) is 2. The lowest BCUT2D eigenvalue weighted by Crippen LogP contribution is -2.17. The van der Waals surface area contributed by atoms with Crippen molar-refractivity contribution in [2.45, 2.75) is 12.8 Å². The minimum Gasteiger partial charge on any atom is -0.395 e. The van der Waals surface area contributed by atoms with E-state index in [0.717, 1.165) is 12.8 Å². The van der Waals surface area contributed by atoms with Crippen molar-refractivity contribution in [3.63, 3.8) is 0 Å². The van der Waals surface area contributed by atoms with Crippen LogP contribution in [-0.2, 0) is 9.63 Å². The zero-order chi connectivity index (χ0) is 11.5. The van der Waals surface area contributed by atoms with E-state index in [1.165, 1.54) is 11.3 Å². The molecule has 1 aromatic rings. The first-order valence-electron chi connectivity index (χ1n) is 4.84. The minimum atomic E-state index is -0.916. The van der Waals surface area contributed by atoms with Crippen LogP contribution in [0.15, 0.2) is 10.5 Å². The molecular formula is C9H11N4O2S. The normalized spacial score (nSPS) is 16.1. The number of hydrogen-bond acceptors (Lipinski definition) is 6. The first-order chi connectivity index (χ1) is 7.66. The largest absolute Gasteiger partial charge is 0.395 e. The molecule has 1 amide bonds. The van der Waals surface area contributed by atoms with Gasteiger partial charge in [0.25, 0.3) is 5.91 Å². The Morgan fingerprint density at radius 2 is 2.50 bits per heavy atom. The predicted octanol–water partition coefficient (Wildman–Crippen LogP) is 0.666. The second kappa shape index (κ2) is 4.48. The maximum atomic E-state index is 11.0. The number of rotatable bonds is 5. The van der Waals surface area contributed by atoms with Crippen LogP contribution in [0.1, 0.15) is 18.5 Å². The molecule has 0 aliphatic heterocycles. The van der Waals surface area contributed by atoms with Crippen LogP contribution < -0.4 is 11.5 Å². The van der Waals surface area contributed by atoms with E-state index in [1.807, 2.05) is 0 Å². The van der Waals surface area contributed by atoms with Crippen molar-refractivity contribution >= 4 is 28.1 Å². The van der Waals surface area contributed by atoms with Crippen LogP contribution in [0.4, 0.5) is 5.13 Å². The number of hydrogen-bond donors (Lipinski definition) is 1. The number of thiazole rings is 1. The third-order valence-electron chi connectivity index (χ3n) is 2.14. The van der Waals surface area contributed by atoms with E-state index in [2.05, 4.69) is 10.1 Å². The molecule has 1 aliphatic rings. The van der Waals surface area contributed by atoms with Gasteiger partial charge in [0.15, 0.2) is 10.8 Å². The Morgan fingerprint density at radius 3 is 3.00 bits per heavy atom. The molecule has 0 saturated heterocycles. The Bertz CT molecular complexity index is 425. The lowest BCUT2D eigenvalue weighted by Gasteiger charge is -1.99. The number of aromatic nitrogens is 1. The van der Waals surface area contributed by atoms with E-state index in [4.69, 9.17) is 16.3 Å². The molecule has 1 aromatic heterocycles. The molecule has 2 rings (SSSR count). The average Bonchev–Trinajstić information content (AvgIpc) is 2.95. The van der Waals surface area contributed by atoms with Crippen molar-refractivity contribution in [2.24, 2.45) is 11.1 Å². The summed E-state index contributed by atoms with van der Waals surface area (Å²) in [6.07, 6.45) is 2.28. The van der Waals surface area contributed by atoms with Crippen molar-refractivity contribution in [1.29, 1.82) is 0 Å². The van der Waals surface area contributed by atoms with Crippen molar-refractivity contribution in [3.8, 4) is 0 Å². The van der Waals surface area contributed by atoms with E-state index >= 15 is 0 Å². The molecule has 1 aliphatic carbocycles. The molecule has 0 atom stereocenters. The van der Waals surface area contributed by atoms with E-state index < -0.39 is 5.91 Å². The molecule has 7 heteroatoms. The van der Waals surface area contributed by atoms with Gasteiger partial charge in [0.2, 0.25) is 0 Å². The summed E-state index contributed by atoms with van der Waals surface area (Å²) in [7, 11) is 0. The quantitative estimate of drug-likeness (QED) is 0.602. The number of carbonyl (C=O) groups is 1. The molecule has 1 heterocycles. The molecule has 1 fully saturated rings. The lowest BCUT2D eigenvalue weighted by atomic mass is 10.3. The minimum absolute atomic E-state index is 0.0893. The monoisotopic (exact) mass is 239 g/mol. The summed E-state index contributed by atoms with van der Waals surface area (Å²) in [6, 6.07) is 0. The maximum Gasteiger partial charge on any atom is 0.294 e. The van der Waals surface area contributed by atoms with Crippen LogP contribution in [0, 0.1) is 5.92 Å². The highest BCUT2D eigenvalue weighted by Crippen LogP contribution is 2.28. The first kappa shape index (κ1) is 10.9. The number of nitrogens with two attached hydrogens (primary N) is 1. The summed E-state index contributed by atoms with van der Waals surface area (Å²) in [5.74, 6) is -0.368. The van der Waals surface area contributed by atoms with E-state index in [1.54, 1.807) is 5.38 Å². The van der Waals surface area contributed by atoms with Crippen LogP contribution in [0.5, 0.6) is 0 Å². The maximum absolute atomic E-state index is 11.0. The van der Waals surface area contributed by atoms with Gasteiger partial charge in [0, 0.05) is 5.38 Å². The van der Waals surface area contributed by atoms with Crippen LogP contribution in [0.25, 0.3) is 0 Å². The fourth-order valence-electron chi connectivity index (χ4n) is 1.09. The fraction of sp³-hybridized carbons (Fsp3) is 0.444. The molecule has 16 heavy (non-hydrogen) atoms. The van der Waals surface area contributed by atoms with Crippen LogP contribution in [0.2, 0.25) is 0 Å². The number of anilines is 1. The van der Waals surface area contributed by atoms with Gasteiger partial charge in [0.05, 0.1) is 0 Å². The van der Waals surface area contributed by atoms with Crippen molar-refractivity contribution in [3.05, 3.63) is 11.1 Å². The standard InChI is InChI=1S/C9H11N4O2S/c10-8(14)7(6-4-16-9(11)12-6)13-15-3-5-1-2-5/h4-5,10H,1-3H2,(H2,11,12). The summed E-state index contributed by atoms with van der Waals surface area (Å²) >= 11 is 1.20. The van der Waals surface area contributed by atoms with Crippen molar-refractivity contribution in [2.75, 3.05) is 12.3 Å². The van der Waals surface area contributed by atoms with Crippen molar-refractivity contribution in [1.82, 2.24) is 10.7 Å². The van der Waals surface area contributed by atoms with Crippen molar-refractivity contribution < 1.29 is 9.63 Å². The molecule has 1 saturated carbocycles. The Balaban J connectivity index is 2.06. The molecule has 1 radical (unpaired) electrons. The van der Waals surface area contributed by atoms with Gasteiger partial charge in [-0.15, -0.1) is 11.3 Å². The number of nitrogen functional groups attached to an aromatic ring is 1. The Hall–Kier alpha value is -1.63. The van der Waals surface area contributed by atoms with Gasteiger partial charge in [-0.25, -0.2) is 4.98 Å². The SMILES string of the molecule is [NH]C(=O)C(=NOCC1CC1)c1csc(N)n1. The van der Waals surface area contributed by atoms with Gasteiger partial charge in [-0.1, -0.05) is 5.16 Å². The highest BCUT2D eigenvalue weighted by Gasteiger charge is 2.22. The molecule has 0 bridgehead atoms. The summed E-state index contributed by atoms with van der Waals surface area (Å²) in [4.78, 5) is 19.9. The van der Waals surface area contributed by atoms with Crippen LogP contribution in [-0.4, -0.2) is 23.2 Å². The predicted molar refractivity (Wildman–Crippen MR) is 59.8 cm³/mol. The zero-order valence-corrected chi connectivity index (χ0v) is 9.29. The molecular weight excluding hydrogens is 228 g/mol. The molecule has 0 spiro atoms. The second-order valence-corrected chi connectivity index (χ2v) is 4.47. The van der Waals surface area contributed by atoms with E-state index in [-0.39, 0.29) is 5.71 Å². The molecule has 0 unspecified atom stereocenters. The molecule has 3 N–H and O–H groups in total. The zero-order valence-electron chi connectivity index (χ0n) is 8.47. The average molecular weight is 239 g/mol. The van der Waals surface area contributed by atoms with Gasteiger partial charge < -0.3 is 10.6 Å². The lowest BCUT2D eigenvalue weighted by molar-refractivity contribution is -0.112. The number of carbonyl (C=O) groups excluding carboxylic acids is 1. The summed E-state index contributed by atoms with van der Waals surface area (Å²) < 4.78 is 0. The number of amides is 1. The van der Waals surface area contributed by atoms with Gasteiger partial charge in [0.1, 0.15) is 12.3 Å². The highest BCUT2D eigenvalue weighted by atomic mass is 32.1. The van der Waals surface area contributed by atoms with Crippen LogP contribution in [0.3, 0.4) is 0 Å². The molecule has 85 valence electrons. The molecule has 0 aromatic carbocycles. The van der Waals surface area contributed by atoms with Gasteiger partial charge in [-0.3, -0.25) is 10.5 Å². The first-order valence-corrected chi connectivity index (χ1v) is 5.72. The van der Waals surface area contributed by atoms with Gasteiger partial charge in [-0.05, 0) is 18.8 Å². The number of oxime groups is 1. The Morgan fingerprint density at radius 1 is 1.75 bits per heavy atom. The molecule has 6 nitrogen and oxygen atoms in total. The summed E-state index contributed by atoms with van der Waals surface area (Å²) in [5, 5.41) is 5.58. The second-order valence-electron chi connectivity index (χ2n) is 3.58. The van der Waals surface area contributed by atoms with Gasteiger partial charge in [-0.2, -0.15) is 0 Å². The Kier molecular flexibility index (Phi) is 3.04. The fourth-order valence-corrected chi connectivity index (χ4v) is 1.64. The summed E-state index contributed by atoms with van der Waals surface area (Å²) in [6.45, 7) is 0.496. The Labute approximate surface area is 96.3 Å². The van der Waals surface area contributed by atoms with Gasteiger partial charge >= 0.3 is 0 Å². The third kappa shape index (κ3) is 2.69.